The molecule has 1 heterocycles. The Bertz CT molecular complexity index is 464. The maximum absolute atomic E-state index is 6.60. The van der Waals surface area contributed by atoms with Gasteiger partial charge in [0.15, 0.2) is 5.82 Å². The molecular weight excluding hydrogens is 248 g/mol. The van der Waals surface area contributed by atoms with Crippen LogP contribution in [-0.4, -0.2) is 15.2 Å². The van der Waals surface area contributed by atoms with Crippen molar-refractivity contribution in [1.29, 1.82) is 0 Å². The first kappa shape index (κ1) is 12.8. The molecule has 0 amide bonds. The van der Waals surface area contributed by atoms with Crippen molar-refractivity contribution >= 4 is 0 Å². The van der Waals surface area contributed by atoms with Crippen molar-refractivity contribution in [2.45, 2.75) is 57.9 Å². The Kier molecular flexibility index (Phi) is 2.92. The average Bonchev–Trinajstić information content (AvgIpc) is 2.86. The zero-order valence-corrected chi connectivity index (χ0v) is 12.5. The lowest BCUT2D eigenvalue weighted by Crippen LogP contribution is -2.48. The van der Waals surface area contributed by atoms with E-state index in [1.165, 1.54) is 32.1 Å². The van der Waals surface area contributed by atoms with Gasteiger partial charge in [-0.05, 0) is 61.7 Å². The normalized spacial score (nSPS) is 40.5. The third kappa shape index (κ3) is 1.92. The zero-order valence-electron chi connectivity index (χ0n) is 12.5. The lowest BCUT2D eigenvalue weighted by atomic mass is 9.50. The molecule has 4 aliphatic rings. The molecule has 0 saturated heterocycles. The van der Waals surface area contributed by atoms with Crippen LogP contribution in [0.1, 0.15) is 69.6 Å². The third-order valence-electron chi connectivity index (χ3n) is 6.07. The summed E-state index contributed by atoms with van der Waals surface area (Å²) in [5, 5.41) is 7.44. The molecule has 4 heteroatoms. The molecule has 4 nitrogen and oxygen atoms in total. The molecule has 5 rings (SSSR count). The van der Waals surface area contributed by atoms with Crippen LogP contribution < -0.4 is 5.73 Å². The topological polar surface area (TPSA) is 67.6 Å². The van der Waals surface area contributed by atoms with E-state index in [-0.39, 0.29) is 6.04 Å². The molecule has 20 heavy (non-hydrogen) atoms. The first-order valence-electron chi connectivity index (χ1n) is 8.29. The zero-order chi connectivity index (χ0) is 13.9. The van der Waals surface area contributed by atoms with E-state index in [9.17, 15) is 0 Å². The van der Waals surface area contributed by atoms with Crippen LogP contribution in [0.25, 0.3) is 0 Å². The number of aromatic amines is 1. The number of nitrogens with one attached hydrogen (secondary N) is 1. The maximum atomic E-state index is 6.60. The Balaban J connectivity index is 1.57. The van der Waals surface area contributed by atoms with Gasteiger partial charge in [-0.15, -0.1) is 0 Å². The summed E-state index contributed by atoms with van der Waals surface area (Å²) in [5.74, 6) is 6.51. The number of nitrogens with two attached hydrogens (primary N) is 1. The monoisotopic (exact) mass is 274 g/mol. The quantitative estimate of drug-likeness (QED) is 0.890. The van der Waals surface area contributed by atoms with Crippen LogP contribution in [0.4, 0.5) is 0 Å². The Morgan fingerprint density at radius 1 is 1.05 bits per heavy atom. The number of aromatic nitrogens is 3. The molecule has 4 saturated carbocycles. The van der Waals surface area contributed by atoms with Crippen LogP contribution in [0.15, 0.2) is 0 Å². The number of hydrogen-bond donors (Lipinski definition) is 2. The second kappa shape index (κ2) is 4.55. The molecule has 0 radical (unpaired) electrons. The summed E-state index contributed by atoms with van der Waals surface area (Å²) in [7, 11) is 0. The third-order valence-corrected chi connectivity index (χ3v) is 6.07. The average molecular weight is 274 g/mol. The highest BCUT2D eigenvalue weighted by Crippen LogP contribution is 2.58. The van der Waals surface area contributed by atoms with E-state index in [2.05, 4.69) is 29.0 Å². The van der Waals surface area contributed by atoms with Crippen LogP contribution in [0, 0.1) is 29.6 Å². The van der Waals surface area contributed by atoms with Gasteiger partial charge < -0.3 is 5.73 Å². The highest BCUT2D eigenvalue weighted by Gasteiger charge is 2.50. The van der Waals surface area contributed by atoms with Gasteiger partial charge in [0.05, 0.1) is 6.04 Å². The van der Waals surface area contributed by atoms with Crippen molar-refractivity contribution in [3.63, 3.8) is 0 Å². The summed E-state index contributed by atoms with van der Waals surface area (Å²) in [6.45, 7) is 4.25. The fraction of sp³-hybridized carbons (Fsp3) is 0.875. The Morgan fingerprint density at radius 2 is 1.65 bits per heavy atom. The van der Waals surface area contributed by atoms with Gasteiger partial charge in [-0.2, -0.15) is 5.10 Å². The lowest BCUT2D eigenvalue weighted by molar-refractivity contribution is -0.0481. The van der Waals surface area contributed by atoms with Gasteiger partial charge in [0.1, 0.15) is 5.82 Å². The van der Waals surface area contributed by atoms with Gasteiger partial charge in [-0.1, -0.05) is 13.8 Å². The first-order valence-corrected chi connectivity index (χ1v) is 8.29. The fourth-order valence-corrected chi connectivity index (χ4v) is 5.43. The van der Waals surface area contributed by atoms with E-state index in [0.29, 0.717) is 11.8 Å². The molecule has 1 aromatic heterocycles. The Labute approximate surface area is 120 Å². The SMILES string of the molecule is CC(C)c1n[nH]c(C(N)C2C3CC4CC(C3)CC2C4)n1. The summed E-state index contributed by atoms with van der Waals surface area (Å²) in [5.41, 5.74) is 6.60. The van der Waals surface area contributed by atoms with Crippen molar-refractivity contribution in [3.8, 4) is 0 Å². The molecule has 0 aliphatic heterocycles. The van der Waals surface area contributed by atoms with Crippen LogP contribution in [-0.2, 0) is 0 Å². The minimum Gasteiger partial charge on any atom is -0.321 e. The Morgan fingerprint density at radius 3 is 2.15 bits per heavy atom. The van der Waals surface area contributed by atoms with Crippen LogP contribution in [0.3, 0.4) is 0 Å². The standard InChI is InChI=1S/C16H26N4/c1-8(2)15-18-16(20-19-15)14(17)13-11-4-9-3-10(6-11)7-12(13)5-9/h8-14H,3-7,17H2,1-2H3,(H,18,19,20). The van der Waals surface area contributed by atoms with Gasteiger partial charge in [-0.3, -0.25) is 5.10 Å². The highest BCUT2D eigenvalue weighted by atomic mass is 15.2. The molecule has 1 unspecified atom stereocenters. The van der Waals surface area contributed by atoms with Crippen molar-refractivity contribution in [3.05, 3.63) is 11.6 Å². The molecule has 1 atom stereocenters. The van der Waals surface area contributed by atoms with Gasteiger partial charge >= 0.3 is 0 Å². The smallest absolute Gasteiger partial charge is 0.153 e. The summed E-state index contributed by atoms with van der Waals surface area (Å²) >= 11 is 0. The largest absolute Gasteiger partial charge is 0.321 e. The Hall–Kier alpha value is -0.900. The fourth-order valence-electron chi connectivity index (χ4n) is 5.43. The van der Waals surface area contributed by atoms with Crippen LogP contribution in [0.2, 0.25) is 0 Å². The molecule has 4 fully saturated rings. The van der Waals surface area contributed by atoms with Crippen molar-refractivity contribution < 1.29 is 0 Å². The first-order chi connectivity index (χ1) is 9.61. The van der Waals surface area contributed by atoms with Crippen molar-refractivity contribution in [2.24, 2.45) is 35.3 Å². The molecular formula is C16H26N4. The van der Waals surface area contributed by atoms with Gasteiger partial charge in [-0.25, -0.2) is 4.98 Å². The highest BCUT2D eigenvalue weighted by molar-refractivity contribution is 5.07. The number of hydrogen-bond acceptors (Lipinski definition) is 3. The van der Waals surface area contributed by atoms with E-state index < -0.39 is 0 Å². The molecule has 4 aliphatic carbocycles. The summed E-state index contributed by atoms with van der Waals surface area (Å²) in [4.78, 5) is 4.65. The van der Waals surface area contributed by atoms with E-state index in [0.717, 1.165) is 35.3 Å². The molecule has 110 valence electrons. The summed E-state index contributed by atoms with van der Waals surface area (Å²) in [6, 6.07) is 0.0602. The van der Waals surface area contributed by atoms with E-state index in [4.69, 9.17) is 5.73 Å². The van der Waals surface area contributed by atoms with E-state index >= 15 is 0 Å². The van der Waals surface area contributed by atoms with Crippen molar-refractivity contribution in [2.75, 3.05) is 0 Å². The molecule has 0 spiro atoms. The van der Waals surface area contributed by atoms with Gasteiger partial charge in [0.2, 0.25) is 0 Å². The predicted molar refractivity (Wildman–Crippen MR) is 77.9 cm³/mol. The minimum absolute atomic E-state index is 0.0602. The molecule has 1 aromatic rings. The van der Waals surface area contributed by atoms with Crippen molar-refractivity contribution in [1.82, 2.24) is 15.2 Å². The second-order valence-corrected chi connectivity index (χ2v) is 7.77. The summed E-state index contributed by atoms with van der Waals surface area (Å²) < 4.78 is 0. The molecule has 4 bridgehead atoms. The number of nitrogens with zero attached hydrogens (tertiary/aromatic N) is 2. The van der Waals surface area contributed by atoms with Crippen LogP contribution >= 0.6 is 0 Å². The second-order valence-electron chi connectivity index (χ2n) is 7.77. The van der Waals surface area contributed by atoms with Gasteiger partial charge in [0, 0.05) is 5.92 Å². The molecule has 3 N–H and O–H groups in total. The van der Waals surface area contributed by atoms with Gasteiger partial charge in [0.25, 0.3) is 0 Å². The number of rotatable bonds is 3. The van der Waals surface area contributed by atoms with E-state index in [1.54, 1.807) is 0 Å². The summed E-state index contributed by atoms with van der Waals surface area (Å²) in [6.07, 6.45) is 7.15. The molecule has 0 aromatic carbocycles. The maximum Gasteiger partial charge on any atom is 0.153 e. The predicted octanol–water partition coefficient (Wildman–Crippen LogP) is 3.00. The lowest BCUT2D eigenvalue weighted by Gasteiger charge is -2.55. The minimum atomic E-state index is 0.0602. The van der Waals surface area contributed by atoms with E-state index in [1.807, 2.05) is 0 Å². The number of H-pyrrole nitrogens is 1. The van der Waals surface area contributed by atoms with Crippen LogP contribution in [0.5, 0.6) is 0 Å².